The average Bonchev–Trinajstić information content (AvgIpc) is 2.43. The van der Waals surface area contributed by atoms with E-state index in [4.69, 9.17) is 9.47 Å². The Labute approximate surface area is 89.3 Å². The Kier molecular flexibility index (Phi) is 3.34. The van der Waals surface area contributed by atoms with Gasteiger partial charge >= 0.3 is 6.09 Å². The van der Waals surface area contributed by atoms with Crippen molar-refractivity contribution >= 4 is 12.0 Å². The third-order valence-electron chi connectivity index (χ3n) is 2.02. The zero-order valence-electron chi connectivity index (χ0n) is 9.57. The van der Waals surface area contributed by atoms with Gasteiger partial charge in [0, 0.05) is 20.0 Å². The highest BCUT2D eigenvalue weighted by molar-refractivity contribution is 5.93. The minimum absolute atomic E-state index is 0.240. The Hall–Kier alpha value is -1.10. The molecule has 0 aromatic carbocycles. The second-order valence-corrected chi connectivity index (χ2v) is 4.47. The van der Waals surface area contributed by atoms with Gasteiger partial charge in [-0.1, -0.05) is 0 Å². The summed E-state index contributed by atoms with van der Waals surface area (Å²) < 4.78 is 10.1. The lowest BCUT2D eigenvalue weighted by Crippen LogP contribution is -2.42. The van der Waals surface area contributed by atoms with Crippen molar-refractivity contribution in [2.24, 2.45) is 0 Å². The van der Waals surface area contributed by atoms with E-state index >= 15 is 0 Å². The lowest BCUT2D eigenvalue weighted by molar-refractivity contribution is -0.133. The van der Waals surface area contributed by atoms with Crippen molar-refractivity contribution in [1.82, 2.24) is 4.90 Å². The fourth-order valence-corrected chi connectivity index (χ4v) is 1.41. The molecule has 1 aliphatic heterocycles. The highest BCUT2D eigenvalue weighted by atomic mass is 16.6. The molecule has 1 saturated heterocycles. The zero-order chi connectivity index (χ0) is 11.6. The second-order valence-electron chi connectivity index (χ2n) is 4.47. The molecule has 0 aromatic rings. The number of rotatable bonds is 1. The topological polar surface area (TPSA) is 55.8 Å². The molecule has 15 heavy (non-hydrogen) atoms. The van der Waals surface area contributed by atoms with Gasteiger partial charge in [-0.3, -0.25) is 4.79 Å². The molecule has 1 rings (SSSR count). The third kappa shape index (κ3) is 2.92. The number of amides is 2. The van der Waals surface area contributed by atoms with Gasteiger partial charge in [0.2, 0.25) is 5.91 Å². The second kappa shape index (κ2) is 4.18. The van der Waals surface area contributed by atoms with E-state index in [0.29, 0.717) is 12.8 Å². The maximum absolute atomic E-state index is 11.6. The summed E-state index contributed by atoms with van der Waals surface area (Å²) in [5.74, 6) is -0.240. The fraction of sp³-hybridized carbons (Fsp3) is 0.800. The molecule has 5 heteroatoms. The smallest absolute Gasteiger partial charge is 0.419 e. The molecule has 86 valence electrons. The lowest BCUT2D eigenvalue weighted by atomic mass is 10.2. The van der Waals surface area contributed by atoms with E-state index in [2.05, 4.69) is 0 Å². The summed E-state index contributed by atoms with van der Waals surface area (Å²) in [4.78, 5) is 24.1. The average molecular weight is 215 g/mol. The molecule has 5 nitrogen and oxygen atoms in total. The van der Waals surface area contributed by atoms with Crippen LogP contribution in [0.5, 0.6) is 0 Å². The summed E-state index contributed by atoms with van der Waals surface area (Å²) in [6.07, 6.45) is -0.240. The molecule has 1 heterocycles. The van der Waals surface area contributed by atoms with E-state index in [-0.39, 0.29) is 5.91 Å². The lowest BCUT2D eigenvalue weighted by Gasteiger charge is -2.26. The summed E-state index contributed by atoms with van der Waals surface area (Å²) in [5, 5.41) is 0. The van der Waals surface area contributed by atoms with Gasteiger partial charge in [-0.15, -0.1) is 0 Å². The summed E-state index contributed by atoms with van der Waals surface area (Å²) in [6.45, 7) is 5.27. The minimum atomic E-state index is -0.628. The van der Waals surface area contributed by atoms with Gasteiger partial charge in [0.15, 0.2) is 0 Å². The molecule has 0 aliphatic carbocycles. The molecular weight excluding hydrogens is 198 g/mol. The van der Waals surface area contributed by atoms with E-state index in [9.17, 15) is 9.59 Å². The Morgan fingerprint density at radius 2 is 2.07 bits per heavy atom. The van der Waals surface area contributed by atoms with Crippen LogP contribution in [-0.2, 0) is 14.3 Å². The normalized spacial score (nSPS) is 22.0. The van der Waals surface area contributed by atoms with Crippen LogP contribution < -0.4 is 0 Å². The van der Waals surface area contributed by atoms with Crippen LogP contribution in [0.3, 0.4) is 0 Å². The van der Waals surface area contributed by atoms with Crippen LogP contribution in [0.4, 0.5) is 4.79 Å². The minimum Gasteiger partial charge on any atom is -0.443 e. The zero-order valence-corrected chi connectivity index (χ0v) is 9.57. The Morgan fingerprint density at radius 1 is 1.47 bits per heavy atom. The first-order valence-electron chi connectivity index (χ1n) is 4.93. The predicted molar refractivity (Wildman–Crippen MR) is 53.1 cm³/mol. The van der Waals surface area contributed by atoms with Crippen molar-refractivity contribution in [3.63, 3.8) is 0 Å². The molecular formula is C10H17NO4. The molecule has 1 fully saturated rings. The molecule has 0 spiro atoms. The number of imide groups is 1. The third-order valence-corrected chi connectivity index (χ3v) is 2.02. The van der Waals surface area contributed by atoms with E-state index in [0.717, 1.165) is 4.90 Å². The number of ether oxygens (including phenoxy) is 2. The van der Waals surface area contributed by atoms with Crippen LogP contribution in [0.25, 0.3) is 0 Å². The van der Waals surface area contributed by atoms with E-state index in [1.807, 2.05) is 0 Å². The first kappa shape index (κ1) is 12.0. The summed E-state index contributed by atoms with van der Waals surface area (Å²) >= 11 is 0. The van der Waals surface area contributed by atoms with Crippen LogP contribution in [0.2, 0.25) is 0 Å². The fourth-order valence-electron chi connectivity index (χ4n) is 1.41. The standard InChI is InChI=1S/C10H17NO4/c1-10(2,3)15-9(13)11-7(12)5-6-8(11)14-4/h8H,5-6H2,1-4H3/t8-/m0/s1. The molecule has 0 unspecified atom stereocenters. The quantitative estimate of drug-likeness (QED) is 0.665. The Balaban J connectivity index is 2.69. The summed E-state index contributed by atoms with van der Waals surface area (Å²) in [7, 11) is 1.47. The highest BCUT2D eigenvalue weighted by Gasteiger charge is 2.38. The maximum Gasteiger partial charge on any atom is 0.419 e. The van der Waals surface area contributed by atoms with Crippen molar-refractivity contribution in [2.75, 3.05) is 7.11 Å². The van der Waals surface area contributed by atoms with Crippen molar-refractivity contribution in [2.45, 2.75) is 45.4 Å². The van der Waals surface area contributed by atoms with Crippen molar-refractivity contribution < 1.29 is 19.1 Å². The molecule has 0 bridgehead atoms. The molecule has 1 atom stereocenters. The number of likely N-dealkylation sites (tertiary alicyclic amines) is 1. The first-order valence-corrected chi connectivity index (χ1v) is 4.93. The highest BCUT2D eigenvalue weighted by Crippen LogP contribution is 2.22. The van der Waals surface area contributed by atoms with Crippen LogP contribution in [-0.4, -0.2) is 35.8 Å². The molecule has 2 amide bonds. The van der Waals surface area contributed by atoms with Crippen LogP contribution in [0.1, 0.15) is 33.6 Å². The van der Waals surface area contributed by atoms with Crippen molar-refractivity contribution in [3.05, 3.63) is 0 Å². The van der Waals surface area contributed by atoms with Crippen molar-refractivity contribution in [3.8, 4) is 0 Å². The van der Waals surface area contributed by atoms with Gasteiger partial charge in [-0.25, -0.2) is 9.69 Å². The number of nitrogens with zero attached hydrogens (tertiary/aromatic N) is 1. The Morgan fingerprint density at radius 3 is 2.53 bits per heavy atom. The van der Waals surface area contributed by atoms with Crippen LogP contribution in [0.15, 0.2) is 0 Å². The first-order chi connectivity index (χ1) is 6.85. The van der Waals surface area contributed by atoms with Crippen LogP contribution in [0, 0.1) is 0 Å². The summed E-state index contributed by atoms with van der Waals surface area (Å²) in [6, 6.07) is 0. The molecule has 0 aromatic heterocycles. The predicted octanol–water partition coefficient (Wildman–Crippen LogP) is 1.52. The number of hydrogen-bond acceptors (Lipinski definition) is 4. The number of methoxy groups -OCH3 is 1. The van der Waals surface area contributed by atoms with Crippen LogP contribution >= 0.6 is 0 Å². The van der Waals surface area contributed by atoms with E-state index in [1.165, 1.54) is 7.11 Å². The van der Waals surface area contributed by atoms with Gasteiger partial charge in [0.1, 0.15) is 11.8 Å². The van der Waals surface area contributed by atoms with E-state index < -0.39 is 17.9 Å². The van der Waals surface area contributed by atoms with Gasteiger partial charge in [-0.2, -0.15) is 0 Å². The van der Waals surface area contributed by atoms with Gasteiger partial charge < -0.3 is 9.47 Å². The van der Waals surface area contributed by atoms with Gasteiger partial charge in [-0.05, 0) is 20.8 Å². The molecule has 0 saturated carbocycles. The van der Waals surface area contributed by atoms with Crippen molar-refractivity contribution in [1.29, 1.82) is 0 Å². The number of hydrogen-bond donors (Lipinski definition) is 0. The Bertz CT molecular complexity index is 269. The van der Waals surface area contributed by atoms with Gasteiger partial charge in [0.25, 0.3) is 0 Å². The molecule has 0 N–H and O–H groups in total. The maximum atomic E-state index is 11.6. The van der Waals surface area contributed by atoms with Gasteiger partial charge in [0.05, 0.1) is 0 Å². The number of carbonyl (C=O) groups is 2. The molecule has 0 radical (unpaired) electrons. The largest absolute Gasteiger partial charge is 0.443 e. The summed E-state index contributed by atoms with van der Waals surface area (Å²) in [5.41, 5.74) is -0.599. The number of carbonyl (C=O) groups excluding carboxylic acids is 2. The monoisotopic (exact) mass is 215 g/mol. The molecule has 1 aliphatic rings. The SMILES string of the molecule is CO[C@H]1CCC(=O)N1C(=O)OC(C)(C)C. The van der Waals surface area contributed by atoms with E-state index in [1.54, 1.807) is 20.8 Å².